The lowest BCUT2D eigenvalue weighted by Crippen LogP contribution is -2.44. The van der Waals surface area contributed by atoms with Crippen LogP contribution >= 0.6 is 0 Å². The summed E-state index contributed by atoms with van der Waals surface area (Å²) in [6.07, 6.45) is 0.459. The normalized spacial score (nSPS) is 21.8. The Morgan fingerprint density at radius 1 is 1.38 bits per heavy atom. The molecule has 1 aliphatic rings. The Balaban J connectivity index is 2.11. The molecule has 0 bridgehead atoms. The number of hydrogen-bond donors (Lipinski definition) is 1. The number of carbonyl (C=O) groups is 2. The molecule has 5 nitrogen and oxygen atoms in total. The Labute approximate surface area is 143 Å². The Bertz CT molecular complexity index is 613. The number of rotatable bonds is 6. The minimum atomic E-state index is -0.850. The Hall–Kier alpha value is -2.04. The van der Waals surface area contributed by atoms with Gasteiger partial charge in [0.05, 0.1) is 5.41 Å². The molecule has 1 fully saturated rings. The van der Waals surface area contributed by atoms with Crippen molar-refractivity contribution in [1.29, 1.82) is 0 Å². The molecule has 1 amide bonds. The summed E-state index contributed by atoms with van der Waals surface area (Å²) in [5.74, 6) is -0.295. The zero-order valence-corrected chi connectivity index (χ0v) is 14.9. The van der Waals surface area contributed by atoms with E-state index in [0.717, 1.165) is 5.56 Å². The standard InChI is InChI=1S/C19H27NO4/c1-5-16(24-15-8-6-7-14(4)11-15)17(21)20-10-9-19(12-20,13(2)3)18(22)23/h6-8,11,13,16H,5,9-10,12H2,1-4H3,(H,22,23). The molecule has 0 saturated carbocycles. The molecule has 2 rings (SSSR count). The van der Waals surface area contributed by atoms with Crippen molar-refractivity contribution in [3.63, 3.8) is 0 Å². The monoisotopic (exact) mass is 333 g/mol. The number of nitrogens with zero attached hydrogens (tertiary/aromatic N) is 1. The number of carboxylic acid groups (broad SMARTS) is 1. The average molecular weight is 333 g/mol. The minimum Gasteiger partial charge on any atom is -0.481 e. The van der Waals surface area contributed by atoms with Crippen LogP contribution in [0.5, 0.6) is 5.75 Å². The van der Waals surface area contributed by atoms with Crippen LogP contribution in [0.25, 0.3) is 0 Å². The third kappa shape index (κ3) is 3.55. The lowest BCUT2D eigenvalue weighted by molar-refractivity contribution is -0.151. The molecule has 132 valence electrons. The van der Waals surface area contributed by atoms with Crippen molar-refractivity contribution < 1.29 is 19.4 Å². The Morgan fingerprint density at radius 3 is 2.58 bits per heavy atom. The molecule has 0 aliphatic carbocycles. The van der Waals surface area contributed by atoms with Crippen LogP contribution in [0, 0.1) is 18.3 Å². The van der Waals surface area contributed by atoms with Gasteiger partial charge in [0.1, 0.15) is 5.75 Å². The molecule has 0 spiro atoms. The second-order valence-electron chi connectivity index (χ2n) is 6.96. The second kappa shape index (κ2) is 7.24. The van der Waals surface area contributed by atoms with E-state index in [4.69, 9.17) is 4.74 Å². The molecule has 1 aromatic carbocycles. The first-order valence-corrected chi connectivity index (χ1v) is 8.55. The largest absolute Gasteiger partial charge is 0.481 e. The topological polar surface area (TPSA) is 66.8 Å². The third-order valence-corrected chi connectivity index (χ3v) is 5.06. The molecule has 1 heterocycles. The summed E-state index contributed by atoms with van der Waals surface area (Å²) in [5.41, 5.74) is 0.220. The summed E-state index contributed by atoms with van der Waals surface area (Å²) in [5, 5.41) is 9.63. The zero-order chi connectivity index (χ0) is 17.9. The van der Waals surface area contributed by atoms with Crippen LogP contribution in [0.4, 0.5) is 0 Å². The highest BCUT2D eigenvalue weighted by Crippen LogP contribution is 2.38. The SMILES string of the molecule is CCC(Oc1cccc(C)c1)C(=O)N1CCC(C(=O)O)(C(C)C)C1. The fourth-order valence-corrected chi connectivity index (χ4v) is 3.28. The zero-order valence-electron chi connectivity index (χ0n) is 14.9. The molecule has 1 aromatic rings. The van der Waals surface area contributed by atoms with Gasteiger partial charge in [-0.2, -0.15) is 0 Å². The number of carboxylic acids is 1. The van der Waals surface area contributed by atoms with Gasteiger partial charge in [-0.15, -0.1) is 0 Å². The van der Waals surface area contributed by atoms with Gasteiger partial charge in [-0.25, -0.2) is 0 Å². The van der Waals surface area contributed by atoms with Crippen LogP contribution < -0.4 is 4.74 Å². The van der Waals surface area contributed by atoms with E-state index in [-0.39, 0.29) is 18.4 Å². The minimum absolute atomic E-state index is 0.0226. The fraction of sp³-hybridized carbons (Fsp3) is 0.579. The number of carbonyl (C=O) groups excluding carboxylic acids is 1. The highest BCUT2D eigenvalue weighted by atomic mass is 16.5. The van der Waals surface area contributed by atoms with E-state index >= 15 is 0 Å². The third-order valence-electron chi connectivity index (χ3n) is 5.06. The smallest absolute Gasteiger partial charge is 0.311 e. The maximum absolute atomic E-state index is 12.8. The van der Waals surface area contributed by atoms with Crippen molar-refractivity contribution in [2.75, 3.05) is 13.1 Å². The highest BCUT2D eigenvalue weighted by molar-refractivity contribution is 5.84. The Kier molecular flexibility index (Phi) is 5.52. The van der Waals surface area contributed by atoms with Gasteiger partial charge < -0.3 is 14.7 Å². The van der Waals surface area contributed by atoms with E-state index < -0.39 is 17.5 Å². The van der Waals surface area contributed by atoms with E-state index in [9.17, 15) is 14.7 Å². The summed E-state index contributed by atoms with van der Waals surface area (Å²) in [7, 11) is 0. The molecule has 0 aromatic heterocycles. The van der Waals surface area contributed by atoms with Gasteiger partial charge in [-0.1, -0.05) is 32.9 Å². The molecule has 2 atom stereocenters. The first-order chi connectivity index (χ1) is 11.3. The first kappa shape index (κ1) is 18.3. The summed E-state index contributed by atoms with van der Waals surface area (Å²) in [4.78, 5) is 26.2. The van der Waals surface area contributed by atoms with Crippen LogP contribution in [0.1, 0.15) is 39.2 Å². The average Bonchev–Trinajstić information content (AvgIpc) is 2.99. The molecule has 1 saturated heterocycles. The van der Waals surface area contributed by atoms with Gasteiger partial charge in [-0.3, -0.25) is 9.59 Å². The summed E-state index contributed by atoms with van der Waals surface area (Å²) >= 11 is 0. The summed E-state index contributed by atoms with van der Waals surface area (Å²) in [6, 6.07) is 7.60. The van der Waals surface area contributed by atoms with Gasteiger partial charge in [0.25, 0.3) is 5.91 Å². The quantitative estimate of drug-likeness (QED) is 0.868. The second-order valence-corrected chi connectivity index (χ2v) is 6.96. The van der Waals surface area contributed by atoms with Crippen LogP contribution in [0.2, 0.25) is 0 Å². The number of ether oxygens (including phenoxy) is 1. The van der Waals surface area contributed by atoms with Crippen LogP contribution in [0.15, 0.2) is 24.3 Å². The molecule has 2 unspecified atom stereocenters. The van der Waals surface area contributed by atoms with E-state index in [1.165, 1.54) is 0 Å². The van der Waals surface area contributed by atoms with Gasteiger partial charge in [0.15, 0.2) is 6.10 Å². The number of amides is 1. The lowest BCUT2D eigenvalue weighted by atomic mass is 9.76. The predicted octanol–water partition coefficient (Wildman–Crippen LogP) is 3.11. The molecule has 5 heteroatoms. The molecule has 24 heavy (non-hydrogen) atoms. The van der Waals surface area contributed by atoms with Gasteiger partial charge in [0, 0.05) is 13.1 Å². The highest BCUT2D eigenvalue weighted by Gasteiger charge is 2.49. The van der Waals surface area contributed by atoms with E-state index in [2.05, 4.69) is 0 Å². The number of likely N-dealkylation sites (tertiary alicyclic amines) is 1. The molecule has 0 radical (unpaired) electrons. The van der Waals surface area contributed by atoms with Crippen molar-refractivity contribution in [2.24, 2.45) is 11.3 Å². The van der Waals surface area contributed by atoms with Crippen LogP contribution in [0.3, 0.4) is 0 Å². The predicted molar refractivity (Wildman–Crippen MR) is 92.0 cm³/mol. The number of hydrogen-bond acceptors (Lipinski definition) is 3. The van der Waals surface area contributed by atoms with E-state index in [1.807, 2.05) is 52.0 Å². The van der Waals surface area contributed by atoms with E-state index in [0.29, 0.717) is 25.1 Å². The number of benzene rings is 1. The lowest BCUT2D eigenvalue weighted by Gasteiger charge is -2.29. The van der Waals surface area contributed by atoms with Crippen LogP contribution in [-0.4, -0.2) is 41.1 Å². The van der Waals surface area contributed by atoms with Crippen molar-refractivity contribution in [3.05, 3.63) is 29.8 Å². The maximum atomic E-state index is 12.8. The summed E-state index contributed by atoms with van der Waals surface area (Å²) in [6.45, 7) is 8.41. The van der Waals surface area contributed by atoms with Crippen molar-refractivity contribution in [1.82, 2.24) is 4.90 Å². The van der Waals surface area contributed by atoms with Gasteiger partial charge in [0.2, 0.25) is 0 Å². The number of aryl methyl sites for hydroxylation is 1. The van der Waals surface area contributed by atoms with Crippen molar-refractivity contribution >= 4 is 11.9 Å². The molecule has 1 N–H and O–H groups in total. The van der Waals surface area contributed by atoms with Crippen molar-refractivity contribution in [3.8, 4) is 5.75 Å². The summed E-state index contributed by atoms with van der Waals surface area (Å²) < 4.78 is 5.87. The van der Waals surface area contributed by atoms with Gasteiger partial charge in [-0.05, 0) is 43.4 Å². The molecule has 1 aliphatic heterocycles. The van der Waals surface area contributed by atoms with Crippen LogP contribution in [-0.2, 0) is 9.59 Å². The first-order valence-electron chi connectivity index (χ1n) is 8.55. The van der Waals surface area contributed by atoms with E-state index in [1.54, 1.807) is 4.90 Å². The molecular formula is C19H27NO4. The van der Waals surface area contributed by atoms with Gasteiger partial charge >= 0.3 is 5.97 Å². The fourth-order valence-electron chi connectivity index (χ4n) is 3.28. The number of aliphatic carboxylic acids is 1. The molecular weight excluding hydrogens is 306 g/mol. The maximum Gasteiger partial charge on any atom is 0.311 e. The van der Waals surface area contributed by atoms with Crippen molar-refractivity contribution in [2.45, 2.75) is 46.6 Å². The Morgan fingerprint density at radius 2 is 2.08 bits per heavy atom.